The van der Waals surface area contributed by atoms with Crippen molar-refractivity contribution in [3.8, 4) is 0 Å². The Bertz CT molecular complexity index is 413. The van der Waals surface area contributed by atoms with Crippen molar-refractivity contribution >= 4 is 12.4 Å². The van der Waals surface area contributed by atoms with E-state index >= 15 is 0 Å². The van der Waals surface area contributed by atoms with Crippen molar-refractivity contribution in [2.24, 2.45) is 5.73 Å². The lowest BCUT2D eigenvalue weighted by atomic mass is 10.1. The molecule has 0 aliphatic carbocycles. The molecule has 2 rings (SSSR count). The largest absolute Gasteiger partial charge is 0.377 e. The maximum Gasteiger partial charge on any atom is 0.240 e. The number of aromatic nitrogens is 2. The van der Waals surface area contributed by atoms with E-state index in [0.717, 1.165) is 32.7 Å². The first-order chi connectivity index (χ1) is 9.46. The molecule has 8 heteroatoms. The second-order valence-corrected chi connectivity index (χ2v) is 6.08. The Hall–Kier alpha value is -0.730. The van der Waals surface area contributed by atoms with E-state index in [9.17, 15) is 0 Å². The minimum Gasteiger partial charge on any atom is -0.377 e. The molecule has 0 spiro atoms. The van der Waals surface area contributed by atoms with Crippen molar-refractivity contribution < 1.29 is 9.26 Å². The van der Waals surface area contributed by atoms with E-state index < -0.39 is 0 Å². The van der Waals surface area contributed by atoms with E-state index in [4.69, 9.17) is 15.0 Å². The number of halogens is 1. The second-order valence-electron chi connectivity index (χ2n) is 6.08. The fourth-order valence-corrected chi connectivity index (χ4v) is 2.42. The molecule has 0 unspecified atom stereocenters. The molecule has 122 valence electrons. The molecular weight excluding hydrogens is 294 g/mol. The highest BCUT2D eigenvalue weighted by atomic mass is 35.5. The number of hydrogen-bond acceptors (Lipinski definition) is 7. The first-order valence-electron chi connectivity index (χ1n) is 7.00. The highest BCUT2D eigenvalue weighted by molar-refractivity contribution is 5.85. The van der Waals surface area contributed by atoms with Gasteiger partial charge in [0.15, 0.2) is 5.82 Å². The molecule has 0 aromatic carbocycles. The van der Waals surface area contributed by atoms with Crippen LogP contribution in [0.5, 0.6) is 0 Å². The van der Waals surface area contributed by atoms with Crippen molar-refractivity contribution in [3.05, 3.63) is 11.7 Å². The lowest BCUT2D eigenvalue weighted by molar-refractivity contribution is 0.103. The minimum absolute atomic E-state index is 0. The van der Waals surface area contributed by atoms with Crippen LogP contribution in [-0.4, -0.2) is 65.3 Å². The van der Waals surface area contributed by atoms with Crippen molar-refractivity contribution in [2.75, 3.05) is 39.8 Å². The highest BCUT2D eigenvalue weighted by Crippen LogP contribution is 2.10. The Morgan fingerprint density at radius 3 is 2.43 bits per heavy atom. The lowest BCUT2D eigenvalue weighted by Crippen LogP contribution is -2.52. The van der Waals surface area contributed by atoms with Crippen molar-refractivity contribution in [3.63, 3.8) is 0 Å². The third kappa shape index (κ3) is 6.27. The quantitative estimate of drug-likeness (QED) is 0.817. The summed E-state index contributed by atoms with van der Waals surface area (Å²) < 4.78 is 10.2. The van der Waals surface area contributed by atoms with Gasteiger partial charge in [-0.15, -0.1) is 12.4 Å². The van der Waals surface area contributed by atoms with E-state index in [1.165, 1.54) is 0 Å². The van der Waals surface area contributed by atoms with Crippen LogP contribution in [0.3, 0.4) is 0 Å². The molecule has 1 aliphatic heterocycles. The summed E-state index contributed by atoms with van der Waals surface area (Å²) in [6.07, 6.45) is 0. The Morgan fingerprint density at radius 1 is 1.24 bits per heavy atom. The number of piperazine rings is 1. The van der Waals surface area contributed by atoms with Gasteiger partial charge in [0.1, 0.15) is 6.61 Å². The summed E-state index contributed by atoms with van der Waals surface area (Å²) in [6.45, 7) is 10.2. The number of hydrogen-bond donors (Lipinski definition) is 1. The predicted octanol–water partition coefficient (Wildman–Crippen LogP) is 0.493. The van der Waals surface area contributed by atoms with Crippen LogP contribution >= 0.6 is 12.4 Å². The third-order valence-corrected chi connectivity index (χ3v) is 3.24. The fraction of sp³-hybridized carbons (Fsp3) is 0.846. The third-order valence-electron chi connectivity index (χ3n) is 3.24. The molecule has 0 amide bonds. The van der Waals surface area contributed by atoms with Gasteiger partial charge in [0.2, 0.25) is 5.89 Å². The molecule has 1 aromatic heterocycles. The van der Waals surface area contributed by atoms with E-state index in [1.807, 2.05) is 0 Å². The SMILES string of the molecule is COCc1noc(CN2CCN(CC(C)(C)N)CC2)n1.Cl. The Labute approximate surface area is 132 Å². The zero-order valence-corrected chi connectivity index (χ0v) is 13.9. The van der Waals surface area contributed by atoms with Gasteiger partial charge in [0.05, 0.1) is 6.54 Å². The van der Waals surface area contributed by atoms with Crippen LogP contribution in [0.4, 0.5) is 0 Å². The van der Waals surface area contributed by atoms with E-state index in [2.05, 4.69) is 33.8 Å². The topological polar surface area (TPSA) is 80.7 Å². The number of methoxy groups -OCH3 is 1. The summed E-state index contributed by atoms with van der Waals surface area (Å²) in [5, 5.41) is 3.87. The van der Waals surface area contributed by atoms with Gasteiger partial charge >= 0.3 is 0 Å². The zero-order chi connectivity index (χ0) is 14.6. The summed E-state index contributed by atoms with van der Waals surface area (Å²) in [7, 11) is 1.62. The van der Waals surface area contributed by atoms with Gasteiger partial charge in [0.25, 0.3) is 0 Å². The summed E-state index contributed by atoms with van der Waals surface area (Å²) in [5.41, 5.74) is 5.92. The maximum absolute atomic E-state index is 6.06. The molecule has 0 bridgehead atoms. The van der Waals surface area contributed by atoms with Crippen LogP contribution in [0.25, 0.3) is 0 Å². The highest BCUT2D eigenvalue weighted by Gasteiger charge is 2.22. The molecular formula is C13H26ClN5O2. The normalized spacial score (nSPS) is 17.7. The standard InChI is InChI=1S/C13H25N5O2.ClH/c1-13(2,14)10-18-6-4-17(5-7-18)8-12-15-11(9-19-3)16-20-12;/h4-10,14H2,1-3H3;1H. The molecule has 1 aliphatic rings. The Kier molecular flexibility index (Phi) is 7.02. The average Bonchev–Trinajstić information content (AvgIpc) is 2.78. The molecule has 0 atom stereocenters. The zero-order valence-electron chi connectivity index (χ0n) is 13.0. The van der Waals surface area contributed by atoms with Crippen LogP contribution in [0.15, 0.2) is 4.52 Å². The molecule has 21 heavy (non-hydrogen) atoms. The first-order valence-corrected chi connectivity index (χ1v) is 7.00. The smallest absolute Gasteiger partial charge is 0.240 e. The van der Waals surface area contributed by atoms with Gasteiger partial charge in [-0.05, 0) is 13.8 Å². The Morgan fingerprint density at radius 2 is 1.86 bits per heavy atom. The van der Waals surface area contributed by atoms with Gasteiger partial charge in [-0.3, -0.25) is 9.80 Å². The number of rotatable bonds is 6. The van der Waals surface area contributed by atoms with E-state index in [-0.39, 0.29) is 17.9 Å². The molecule has 1 fully saturated rings. The van der Waals surface area contributed by atoms with Crippen LogP contribution < -0.4 is 5.73 Å². The summed E-state index contributed by atoms with van der Waals surface area (Å²) >= 11 is 0. The number of ether oxygens (including phenoxy) is 1. The van der Waals surface area contributed by atoms with Gasteiger partial charge in [-0.2, -0.15) is 4.98 Å². The maximum atomic E-state index is 6.06. The number of nitrogens with two attached hydrogens (primary N) is 1. The molecule has 2 N–H and O–H groups in total. The van der Waals surface area contributed by atoms with E-state index in [1.54, 1.807) is 7.11 Å². The van der Waals surface area contributed by atoms with Gasteiger partial charge in [0, 0.05) is 45.4 Å². The van der Waals surface area contributed by atoms with Gasteiger partial charge in [-0.25, -0.2) is 0 Å². The number of nitrogens with zero attached hydrogens (tertiary/aromatic N) is 4. The van der Waals surface area contributed by atoms with Crippen LogP contribution in [-0.2, 0) is 17.9 Å². The Balaban J connectivity index is 0.00000220. The molecule has 0 radical (unpaired) electrons. The molecule has 1 aromatic rings. The lowest BCUT2D eigenvalue weighted by Gasteiger charge is -2.37. The fourth-order valence-electron chi connectivity index (χ4n) is 2.42. The van der Waals surface area contributed by atoms with Gasteiger partial charge in [-0.1, -0.05) is 5.16 Å². The van der Waals surface area contributed by atoms with Crippen molar-refractivity contribution in [1.82, 2.24) is 19.9 Å². The molecule has 7 nitrogen and oxygen atoms in total. The van der Waals surface area contributed by atoms with Crippen LogP contribution in [0.2, 0.25) is 0 Å². The molecule has 0 saturated carbocycles. The first kappa shape index (κ1) is 18.3. The molecule has 1 saturated heterocycles. The van der Waals surface area contributed by atoms with Crippen molar-refractivity contribution in [1.29, 1.82) is 0 Å². The summed E-state index contributed by atoms with van der Waals surface area (Å²) in [6, 6.07) is 0. The monoisotopic (exact) mass is 319 g/mol. The van der Waals surface area contributed by atoms with Crippen molar-refractivity contribution in [2.45, 2.75) is 32.5 Å². The summed E-state index contributed by atoms with van der Waals surface area (Å²) in [5.74, 6) is 1.26. The van der Waals surface area contributed by atoms with Crippen LogP contribution in [0, 0.1) is 0 Å². The average molecular weight is 320 g/mol. The van der Waals surface area contributed by atoms with Gasteiger partial charge < -0.3 is 15.0 Å². The predicted molar refractivity (Wildman–Crippen MR) is 82.2 cm³/mol. The van der Waals surface area contributed by atoms with Crippen LogP contribution in [0.1, 0.15) is 25.6 Å². The summed E-state index contributed by atoms with van der Waals surface area (Å²) in [4.78, 5) is 9.02. The van der Waals surface area contributed by atoms with E-state index in [0.29, 0.717) is 24.9 Å². The minimum atomic E-state index is -0.135. The second kappa shape index (κ2) is 8.05. The molecule has 2 heterocycles.